The van der Waals surface area contributed by atoms with E-state index < -0.39 is 10.0 Å². The van der Waals surface area contributed by atoms with Gasteiger partial charge in [0, 0.05) is 17.3 Å². The van der Waals surface area contributed by atoms with Crippen LogP contribution in [0.4, 0.5) is 10.8 Å². The van der Waals surface area contributed by atoms with Gasteiger partial charge < -0.3 is 9.73 Å². The SMILES string of the molecule is O=C(Nc1ccc(S(=O)(=O)Nc2nccs2)cc1)c1ccc(CN2CCCC2)o1. The van der Waals surface area contributed by atoms with Crippen LogP contribution in [0.3, 0.4) is 0 Å². The fourth-order valence-corrected chi connectivity index (χ4v) is 4.89. The lowest BCUT2D eigenvalue weighted by Crippen LogP contribution is -2.18. The Kier molecular flexibility index (Phi) is 5.65. The number of sulfonamides is 1. The maximum Gasteiger partial charge on any atom is 0.291 e. The fourth-order valence-electron chi connectivity index (χ4n) is 3.10. The number of hydrogen-bond donors (Lipinski definition) is 2. The normalized spacial score (nSPS) is 14.8. The number of amides is 1. The summed E-state index contributed by atoms with van der Waals surface area (Å²) in [4.78, 5) is 18.7. The van der Waals surface area contributed by atoms with E-state index in [1.54, 1.807) is 11.4 Å². The molecule has 0 radical (unpaired) electrons. The minimum absolute atomic E-state index is 0.0802. The quantitative estimate of drug-likeness (QED) is 0.593. The van der Waals surface area contributed by atoms with Gasteiger partial charge in [-0.15, -0.1) is 11.3 Å². The van der Waals surface area contributed by atoms with Gasteiger partial charge in [0.15, 0.2) is 10.9 Å². The highest BCUT2D eigenvalue weighted by atomic mass is 32.2. The van der Waals surface area contributed by atoms with Crippen LogP contribution in [-0.4, -0.2) is 37.3 Å². The van der Waals surface area contributed by atoms with Crippen LogP contribution in [0, 0.1) is 0 Å². The third-order valence-corrected chi connectivity index (χ3v) is 6.71. The molecule has 152 valence electrons. The van der Waals surface area contributed by atoms with Crippen LogP contribution in [0.15, 0.2) is 57.3 Å². The van der Waals surface area contributed by atoms with E-state index in [-0.39, 0.29) is 16.6 Å². The number of nitrogens with zero attached hydrogens (tertiary/aromatic N) is 2. The van der Waals surface area contributed by atoms with Gasteiger partial charge in [-0.25, -0.2) is 13.4 Å². The van der Waals surface area contributed by atoms with Crippen molar-refractivity contribution in [2.75, 3.05) is 23.1 Å². The van der Waals surface area contributed by atoms with Crippen molar-refractivity contribution >= 4 is 38.1 Å². The molecule has 0 bridgehead atoms. The first-order valence-electron chi connectivity index (χ1n) is 9.14. The van der Waals surface area contributed by atoms with E-state index in [0.29, 0.717) is 17.4 Å². The van der Waals surface area contributed by atoms with Gasteiger partial charge in [0.2, 0.25) is 0 Å². The number of anilines is 2. The lowest BCUT2D eigenvalue weighted by molar-refractivity contribution is 0.0993. The summed E-state index contributed by atoms with van der Waals surface area (Å²) in [7, 11) is -3.73. The van der Waals surface area contributed by atoms with E-state index in [9.17, 15) is 13.2 Å². The second kappa shape index (κ2) is 8.36. The van der Waals surface area contributed by atoms with Crippen molar-refractivity contribution in [1.29, 1.82) is 0 Å². The zero-order valence-corrected chi connectivity index (χ0v) is 17.1. The van der Waals surface area contributed by atoms with E-state index in [4.69, 9.17) is 4.42 Å². The number of aromatic nitrogens is 1. The monoisotopic (exact) mass is 432 g/mol. The van der Waals surface area contributed by atoms with Gasteiger partial charge in [-0.05, 0) is 62.3 Å². The largest absolute Gasteiger partial charge is 0.455 e. The molecule has 1 saturated heterocycles. The fraction of sp³-hybridized carbons (Fsp3) is 0.263. The highest BCUT2D eigenvalue weighted by Gasteiger charge is 2.18. The smallest absolute Gasteiger partial charge is 0.291 e. The molecule has 0 saturated carbocycles. The summed E-state index contributed by atoms with van der Waals surface area (Å²) in [6, 6.07) is 9.37. The molecule has 3 aromatic rings. The molecule has 1 aliphatic rings. The molecule has 1 fully saturated rings. The Bertz CT molecular complexity index is 1070. The molecule has 0 spiro atoms. The summed E-state index contributed by atoms with van der Waals surface area (Å²) in [6.45, 7) is 2.80. The van der Waals surface area contributed by atoms with Gasteiger partial charge >= 0.3 is 0 Å². The summed E-state index contributed by atoms with van der Waals surface area (Å²) in [5, 5.41) is 4.70. The molecule has 3 heterocycles. The van der Waals surface area contributed by atoms with Crippen LogP contribution >= 0.6 is 11.3 Å². The van der Waals surface area contributed by atoms with Crippen LogP contribution in [0.25, 0.3) is 0 Å². The second-order valence-corrected chi connectivity index (χ2v) is 9.25. The Hall–Kier alpha value is -2.69. The number of carbonyl (C=O) groups is 1. The first kappa shape index (κ1) is 19.6. The number of furan rings is 1. The Morgan fingerprint density at radius 1 is 1.14 bits per heavy atom. The molecule has 1 amide bonds. The van der Waals surface area contributed by atoms with E-state index in [1.807, 2.05) is 6.07 Å². The number of benzene rings is 1. The lowest BCUT2D eigenvalue weighted by atomic mass is 10.3. The summed E-state index contributed by atoms with van der Waals surface area (Å²) in [6.07, 6.45) is 3.91. The predicted molar refractivity (Wildman–Crippen MR) is 111 cm³/mol. The highest BCUT2D eigenvalue weighted by molar-refractivity contribution is 7.93. The third kappa shape index (κ3) is 4.84. The first-order chi connectivity index (χ1) is 14.0. The van der Waals surface area contributed by atoms with Crippen molar-refractivity contribution in [2.24, 2.45) is 0 Å². The van der Waals surface area contributed by atoms with Crippen molar-refractivity contribution in [3.05, 3.63) is 59.5 Å². The molecule has 1 aliphatic heterocycles. The van der Waals surface area contributed by atoms with Crippen LogP contribution in [-0.2, 0) is 16.6 Å². The molecule has 8 nitrogen and oxygen atoms in total. The van der Waals surface area contributed by atoms with Gasteiger partial charge in [-0.2, -0.15) is 0 Å². The number of likely N-dealkylation sites (tertiary alicyclic amines) is 1. The Balaban J connectivity index is 1.38. The zero-order chi connectivity index (χ0) is 20.3. The summed E-state index contributed by atoms with van der Waals surface area (Å²) < 4.78 is 32.8. The third-order valence-electron chi connectivity index (χ3n) is 4.54. The van der Waals surface area contributed by atoms with Crippen LogP contribution in [0.1, 0.15) is 29.2 Å². The standard InChI is InChI=1S/C19H20N4O4S2/c24-18(17-8-5-15(27-17)13-23-10-1-2-11-23)21-14-3-6-16(7-4-14)29(25,26)22-19-20-9-12-28-19/h3-9,12H,1-2,10-11,13H2,(H,20,22)(H,21,24). The zero-order valence-electron chi connectivity index (χ0n) is 15.5. The average molecular weight is 433 g/mol. The van der Waals surface area contributed by atoms with E-state index in [2.05, 4.69) is 19.9 Å². The molecule has 2 N–H and O–H groups in total. The number of thiazole rings is 1. The van der Waals surface area contributed by atoms with Crippen LogP contribution in [0.2, 0.25) is 0 Å². The number of nitrogens with one attached hydrogen (secondary N) is 2. The van der Waals surface area contributed by atoms with Crippen molar-refractivity contribution < 1.29 is 17.6 Å². The van der Waals surface area contributed by atoms with E-state index in [0.717, 1.165) is 18.8 Å². The molecule has 0 unspecified atom stereocenters. The van der Waals surface area contributed by atoms with E-state index >= 15 is 0 Å². The molecule has 4 rings (SSSR count). The predicted octanol–water partition coefficient (Wildman–Crippen LogP) is 3.39. The topological polar surface area (TPSA) is 105 Å². The maximum atomic E-state index is 12.4. The van der Waals surface area contributed by atoms with Crippen LogP contribution < -0.4 is 10.0 Å². The van der Waals surface area contributed by atoms with Gasteiger partial charge in [0.25, 0.3) is 15.9 Å². The second-order valence-electron chi connectivity index (χ2n) is 6.67. The number of hydrogen-bond acceptors (Lipinski definition) is 7. The maximum absolute atomic E-state index is 12.4. The summed E-state index contributed by atoms with van der Waals surface area (Å²) in [5.41, 5.74) is 0.473. The van der Waals surface area contributed by atoms with Crippen molar-refractivity contribution in [2.45, 2.75) is 24.3 Å². The Morgan fingerprint density at radius 3 is 2.59 bits per heavy atom. The molecule has 10 heteroatoms. The summed E-state index contributed by atoms with van der Waals surface area (Å²) >= 11 is 1.19. The minimum atomic E-state index is -3.73. The number of rotatable bonds is 7. The molecule has 1 aromatic carbocycles. The van der Waals surface area contributed by atoms with Crippen molar-refractivity contribution in [3.63, 3.8) is 0 Å². The van der Waals surface area contributed by atoms with E-state index in [1.165, 1.54) is 54.6 Å². The molecular weight excluding hydrogens is 412 g/mol. The highest BCUT2D eigenvalue weighted by Crippen LogP contribution is 2.20. The summed E-state index contributed by atoms with van der Waals surface area (Å²) in [5.74, 6) is 0.599. The average Bonchev–Trinajstić information content (AvgIpc) is 3.45. The molecule has 2 aromatic heterocycles. The van der Waals surface area contributed by atoms with Crippen LogP contribution in [0.5, 0.6) is 0 Å². The molecule has 29 heavy (non-hydrogen) atoms. The Labute approximate surface area is 172 Å². The van der Waals surface area contributed by atoms with Crippen molar-refractivity contribution in [1.82, 2.24) is 9.88 Å². The van der Waals surface area contributed by atoms with Gasteiger partial charge in [0.05, 0.1) is 11.4 Å². The van der Waals surface area contributed by atoms with Crippen molar-refractivity contribution in [3.8, 4) is 0 Å². The van der Waals surface area contributed by atoms with Gasteiger partial charge in [-0.3, -0.25) is 14.4 Å². The lowest BCUT2D eigenvalue weighted by Gasteiger charge is -2.11. The van der Waals surface area contributed by atoms with Gasteiger partial charge in [-0.1, -0.05) is 0 Å². The first-order valence-corrected chi connectivity index (χ1v) is 11.5. The minimum Gasteiger partial charge on any atom is -0.455 e. The molecule has 0 aliphatic carbocycles. The Morgan fingerprint density at radius 2 is 1.90 bits per heavy atom. The molecular formula is C19H20N4O4S2. The number of carbonyl (C=O) groups excluding carboxylic acids is 1. The van der Waals surface area contributed by atoms with Gasteiger partial charge in [0.1, 0.15) is 5.76 Å². The molecule has 0 atom stereocenters.